The van der Waals surface area contributed by atoms with E-state index in [0.29, 0.717) is 28.6 Å². The first-order valence-corrected chi connectivity index (χ1v) is 8.49. The fraction of sp³-hybridized carbons (Fsp3) is 0.462. The number of amides is 1. The Kier molecular flexibility index (Phi) is 4.63. The van der Waals surface area contributed by atoms with Crippen molar-refractivity contribution in [3.05, 3.63) is 17.2 Å². The molecule has 0 radical (unpaired) electrons. The topological polar surface area (TPSA) is 81.7 Å². The SMILES string of the molecule is COc1cc(Cl)c(NC(=O)[C@H]2CCS(=O)(=O)C2)cc1OC. The summed E-state index contributed by atoms with van der Waals surface area (Å²) in [6, 6.07) is 3.07. The molecule has 8 heteroatoms. The molecule has 0 unspecified atom stereocenters. The van der Waals surface area contributed by atoms with Gasteiger partial charge in [-0.25, -0.2) is 8.42 Å². The van der Waals surface area contributed by atoms with E-state index in [1.54, 1.807) is 6.07 Å². The van der Waals surface area contributed by atoms with Gasteiger partial charge >= 0.3 is 0 Å². The molecule has 1 N–H and O–H groups in total. The maximum atomic E-state index is 12.1. The van der Waals surface area contributed by atoms with Gasteiger partial charge in [-0.3, -0.25) is 4.79 Å². The van der Waals surface area contributed by atoms with Crippen LogP contribution in [0.2, 0.25) is 5.02 Å². The third-order valence-electron chi connectivity index (χ3n) is 3.33. The van der Waals surface area contributed by atoms with E-state index in [1.807, 2.05) is 0 Å². The second kappa shape index (κ2) is 6.11. The monoisotopic (exact) mass is 333 g/mol. The summed E-state index contributed by atoms with van der Waals surface area (Å²) in [5.74, 6) is -0.0985. The molecule has 1 aliphatic rings. The molecule has 1 atom stereocenters. The molecule has 0 aliphatic carbocycles. The summed E-state index contributed by atoms with van der Waals surface area (Å²) in [4.78, 5) is 12.1. The van der Waals surface area contributed by atoms with E-state index in [2.05, 4.69) is 5.32 Å². The Morgan fingerprint density at radius 3 is 2.43 bits per heavy atom. The molecule has 1 amide bonds. The van der Waals surface area contributed by atoms with E-state index in [-0.39, 0.29) is 17.4 Å². The van der Waals surface area contributed by atoms with Gasteiger partial charge in [0, 0.05) is 12.1 Å². The number of hydrogen-bond acceptors (Lipinski definition) is 5. The number of ether oxygens (including phenoxy) is 2. The van der Waals surface area contributed by atoms with Crippen LogP contribution in [0.25, 0.3) is 0 Å². The number of halogens is 1. The van der Waals surface area contributed by atoms with Crippen LogP contribution in [0.4, 0.5) is 5.69 Å². The summed E-state index contributed by atoms with van der Waals surface area (Å²) in [6.45, 7) is 0. The highest BCUT2D eigenvalue weighted by atomic mass is 35.5. The minimum atomic E-state index is -3.10. The molecule has 6 nitrogen and oxygen atoms in total. The molecular weight excluding hydrogens is 318 g/mol. The minimum Gasteiger partial charge on any atom is -0.493 e. The molecule has 1 heterocycles. The predicted molar refractivity (Wildman–Crippen MR) is 79.9 cm³/mol. The number of rotatable bonds is 4. The van der Waals surface area contributed by atoms with Crippen LogP contribution in [-0.2, 0) is 14.6 Å². The Balaban J connectivity index is 2.18. The van der Waals surface area contributed by atoms with Crippen LogP contribution in [-0.4, -0.2) is 40.1 Å². The Hall–Kier alpha value is -1.47. The molecule has 116 valence electrons. The first kappa shape index (κ1) is 15.9. The van der Waals surface area contributed by atoms with E-state index in [0.717, 1.165) is 0 Å². The number of carbonyl (C=O) groups is 1. The zero-order valence-corrected chi connectivity index (χ0v) is 13.3. The fourth-order valence-electron chi connectivity index (χ4n) is 2.19. The lowest BCUT2D eigenvalue weighted by Gasteiger charge is -2.14. The van der Waals surface area contributed by atoms with Gasteiger partial charge in [-0.1, -0.05) is 11.6 Å². The Morgan fingerprint density at radius 2 is 1.90 bits per heavy atom. The maximum Gasteiger partial charge on any atom is 0.228 e. The standard InChI is InChI=1S/C13H16ClNO5S/c1-19-11-5-9(14)10(6-12(11)20-2)15-13(16)8-3-4-21(17,18)7-8/h5-6,8H,3-4,7H2,1-2H3,(H,15,16)/t8-/m0/s1. The van der Waals surface area contributed by atoms with Gasteiger partial charge in [0.05, 0.1) is 42.4 Å². The normalized spacial score (nSPS) is 20.0. The average molecular weight is 334 g/mol. The minimum absolute atomic E-state index is 0.0464. The van der Waals surface area contributed by atoms with Gasteiger partial charge in [0.2, 0.25) is 5.91 Å². The zero-order chi connectivity index (χ0) is 15.6. The third-order valence-corrected chi connectivity index (χ3v) is 5.41. The van der Waals surface area contributed by atoms with Gasteiger partial charge in [-0.05, 0) is 6.42 Å². The predicted octanol–water partition coefficient (Wildman–Crippen LogP) is 1.73. The Morgan fingerprint density at radius 1 is 1.29 bits per heavy atom. The second-order valence-electron chi connectivity index (χ2n) is 4.78. The van der Waals surface area contributed by atoms with Crippen molar-refractivity contribution in [1.29, 1.82) is 0 Å². The van der Waals surface area contributed by atoms with Crippen LogP contribution in [0.3, 0.4) is 0 Å². The number of benzene rings is 1. The fourth-order valence-corrected chi connectivity index (χ4v) is 4.13. The number of nitrogens with one attached hydrogen (secondary N) is 1. The molecule has 1 saturated heterocycles. The van der Waals surface area contributed by atoms with E-state index >= 15 is 0 Å². The van der Waals surface area contributed by atoms with Crippen molar-refractivity contribution in [3.8, 4) is 11.5 Å². The first-order chi connectivity index (χ1) is 9.86. The number of hydrogen-bond donors (Lipinski definition) is 1. The van der Waals surface area contributed by atoms with Gasteiger partial charge in [0.1, 0.15) is 0 Å². The largest absolute Gasteiger partial charge is 0.493 e. The molecule has 21 heavy (non-hydrogen) atoms. The lowest BCUT2D eigenvalue weighted by atomic mass is 10.1. The molecule has 0 aromatic heterocycles. The van der Waals surface area contributed by atoms with Crippen LogP contribution >= 0.6 is 11.6 Å². The summed E-state index contributed by atoms with van der Waals surface area (Å²) in [5, 5.41) is 2.94. The molecule has 0 saturated carbocycles. The van der Waals surface area contributed by atoms with Gasteiger partial charge in [0.25, 0.3) is 0 Å². The summed E-state index contributed by atoms with van der Waals surface area (Å²) in [6.07, 6.45) is 0.332. The third kappa shape index (κ3) is 3.59. The molecular formula is C13H16ClNO5S. The van der Waals surface area contributed by atoms with Gasteiger partial charge < -0.3 is 14.8 Å². The second-order valence-corrected chi connectivity index (χ2v) is 7.41. The van der Waals surface area contributed by atoms with E-state index in [1.165, 1.54) is 20.3 Å². The summed E-state index contributed by atoms with van der Waals surface area (Å²) >= 11 is 6.08. The highest BCUT2D eigenvalue weighted by Gasteiger charge is 2.33. The number of carbonyl (C=O) groups excluding carboxylic acids is 1. The quantitative estimate of drug-likeness (QED) is 0.907. The van der Waals surface area contributed by atoms with Gasteiger partial charge in [-0.15, -0.1) is 0 Å². The lowest BCUT2D eigenvalue weighted by molar-refractivity contribution is -0.119. The van der Waals surface area contributed by atoms with Crippen molar-refractivity contribution < 1.29 is 22.7 Å². The van der Waals surface area contributed by atoms with Gasteiger partial charge in [0.15, 0.2) is 21.3 Å². The van der Waals surface area contributed by atoms with Crippen molar-refractivity contribution in [2.75, 3.05) is 31.0 Å². The average Bonchev–Trinajstić information content (AvgIpc) is 2.80. The highest BCUT2D eigenvalue weighted by Crippen LogP contribution is 2.36. The Bertz CT molecular complexity index is 659. The van der Waals surface area contributed by atoms with Gasteiger partial charge in [-0.2, -0.15) is 0 Å². The Labute approximate surface area is 128 Å². The molecule has 0 spiro atoms. The zero-order valence-electron chi connectivity index (χ0n) is 11.7. The van der Waals surface area contributed by atoms with Crippen LogP contribution in [0.5, 0.6) is 11.5 Å². The number of methoxy groups -OCH3 is 2. The summed E-state index contributed by atoms with van der Waals surface area (Å²) in [5.41, 5.74) is 0.364. The molecule has 1 aromatic carbocycles. The molecule has 1 aliphatic heterocycles. The van der Waals surface area contributed by atoms with Crippen LogP contribution in [0.15, 0.2) is 12.1 Å². The van der Waals surface area contributed by atoms with Crippen LogP contribution in [0.1, 0.15) is 6.42 Å². The summed E-state index contributed by atoms with van der Waals surface area (Å²) in [7, 11) is -0.150. The van der Waals surface area contributed by atoms with Crippen molar-refractivity contribution >= 4 is 33.0 Å². The summed E-state index contributed by atoms with van der Waals surface area (Å²) < 4.78 is 33.1. The molecule has 0 bridgehead atoms. The molecule has 1 aromatic rings. The van der Waals surface area contributed by atoms with Crippen LogP contribution < -0.4 is 14.8 Å². The van der Waals surface area contributed by atoms with E-state index < -0.39 is 15.8 Å². The first-order valence-electron chi connectivity index (χ1n) is 6.29. The molecule has 2 rings (SSSR count). The van der Waals surface area contributed by atoms with Crippen molar-refractivity contribution in [2.24, 2.45) is 5.92 Å². The van der Waals surface area contributed by atoms with E-state index in [4.69, 9.17) is 21.1 Å². The number of sulfone groups is 1. The smallest absolute Gasteiger partial charge is 0.228 e. The van der Waals surface area contributed by atoms with Crippen molar-refractivity contribution in [3.63, 3.8) is 0 Å². The highest BCUT2D eigenvalue weighted by molar-refractivity contribution is 7.91. The van der Waals surface area contributed by atoms with Crippen LogP contribution in [0, 0.1) is 5.92 Å². The van der Waals surface area contributed by atoms with Crippen molar-refractivity contribution in [1.82, 2.24) is 0 Å². The van der Waals surface area contributed by atoms with Crippen molar-refractivity contribution in [2.45, 2.75) is 6.42 Å². The maximum absolute atomic E-state index is 12.1. The molecule has 1 fully saturated rings. The number of anilines is 1. The van der Waals surface area contributed by atoms with E-state index in [9.17, 15) is 13.2 Å². The lowest BCUT2D eigenvalue weighted by Crippen LogP contribution is -2.23.